The van der Waals surface area contributed by atoms with E-state index in [-0.39, 0.29) is 36.4 Å². The topological polar surface area (TPSA) is 78.4 Å². The van der Waals surface area contributed by atoms with Gasteiger partial charge in [0.2, 0.25) is 5.91 Å². The van der Waals surface area contributed by atoms with Gasteiger partial charge in [0.05, 0.1) is 6.54 Å². The zero-order chi connectivity index (χ0) is 17.2. The van der Waals surface area contributed by atoms with Gasteiger partial charge in [-0.15, -0.1) is 35.3 Å². The number of hydrogen-bond acceptors (Lipinski definition) is 4. The summed E-state index contributed by atoms with van der Waals surface area (Å²) in [5, 5.41) is 10.5. The standard InChI is InChI=1S/C17H29N5OS.HI/c1-3-14-10-19-16(24-14)12-21-17(18-4-2)20-11-15(23)22-13-8-6-5-7-9-13;/h10,13H,3-9,11-12H2,1-2H3,(H,22,23)(H2,18,20,21);1H. The maximum atomic E-state index is 12.1. The van der Waals surface area contributed by atoms with Crippen molar-refractivity contribution in [3.8, 4) is 0 Å². The molecule has 8 heteroatoms. The zero-order valence-electron chi connectivity index (χ0n) is 15.1. The fourth-order valence-corrected chi connectivity index (χ4v) is 3.57. The second kappa shape index (κ2) is 12.5. The summed E-state index contributed by atoms with van der Waals surface area (Å²) in [7, 11) is 0. The van der Waals surface area contributed by atoms with Crippen LogP contribution in [0.5, 0.6) is 0 Å². The molecule has 0 aliphatic heterocycles. The van der Waals surface area contributed by atoms with E-state index in [0.29, 0.717) is 18.5 Å². The van der Waals surface area contributed by atoms with Crippen LogP contribution < -0.4 is 16.0 Å². The number of guanidine groups is 1. The molecule has 3 N–H and O–H groups in total. The van der Waals surface area contributed by atoms with Gasteiger partial charge in [-0.05, 0) is 26.2 Å². The summed E-state index contributed by atoms with van der Waals surface area (Å²) in [5.41, 5.74) is 0. The van der Waals surface area contributed by atoms with Gasteiger partial charge in [0, 0.05) is 23.7 Å². The van der Waals surface area contributed by atoms with Gasteiger partial charge < -0.3 is 16.0 Å². The lowest BCUT2D eigenvalue weighted by molar-refractivity contribution is -0.120. The van der Waals surface area contributed by atoms with Crippen molar-refractivity contribution in [3.63, 3.8) is 0 Å². The van der Waals surface area contributed by atoms with E-state index in [9.17, 15) is 4.79 Å². The van der Waals surface area contributed by atoms with Crippen molar-refractivity contribution < 1.29 is 4.79 Å². The molecule has 0 aromatic carbocycles. The van der Waals surface area contributed by atoms with Gasteiger partial charge in [0.1, 0.15) is 11.6 Å². The average Bonchev–Trinajstić information content (AvgIpc) is 3.06. The number of aliphatic imine (C=N–C) groups is 1. The van der Waals surface area contributed by atoms with Crippen molar-refractivity contribution >= 4 is 47.2 Å². The summed E-state index contributed by atoms with van der Waals surface area (Å²) in [4.78, 5) is 22.1. The summed E-state index contributed by atoms with van der Waals surface area (Å²) in [5.74, 6) is 0.658. The molecule has 1 saturated carbocycles. The molecule has 1 aromatic rings. The van der Waals surface area contributed by atoms with Gasteiger partial charge in [-0.25, -0.2) is 9.98 Å². The number of halogens is 1. The summed E-state index contributed by atoms with van der Waals surface area (Å²) in [6, 6.07) is 0.333. The summed E-state index contributed by atoms with van der Waals surface area (Å²) >= 11 is 1.70. The van der Waals surface area contributed by atoms with E-state index in [1.54, 1.807) is 11.3 Å². The first kappa shape index (κ1) is 22.1. The van der Waals surface area contributed by atoms with Crippen LogP contribution in [0.4, 0.5) is 0 Å². The Balaban J connectivity index is 0.00000312. The number of rotatable bonds is 7. The van der Waals surface area contributed by atoms with Gasteiger partial charge in [0.15, 0.2) is 5.96 Å². The highest BCUT2D eigenvalue weighted by Crippen LogP contribution is 2.17. The van der Waals surface area contributed by atoms with Crippen LogP contribution in [0.25, 0.3) is 0 Å². The molecule has 1 fully saturated rings. The number of hydrogen-bond donors (Lipinski definition) is 3. The summed E-state index contributed by atoms with van der Waals surface area (Å²) in [6.07, 6.45) is 8.83. The first-order chi connectivity index (χ1) is 11.7. The molecular formula is C17H30IN5OS. The van der Waals surface area contributed by atoms with Crippen LogP contribution >= 0.6 is 35.3 Å². The van der Waals surface area contributed by atoms with E-state index in [2.05, 4.69) is 32.9 Å². The molecular weight excluding hydrogens is 449 g/mol. The Morgan fingerprint density at radius 3 is 2.68 bits per heavy atom. The van der Waals surface area contributed by atoms with Crippen molar-refractivity contribution in [1.29, 1.82) is 0 Å². The smallest absolute Gasteiger partial charge is 0.242 e. The molecule has 6 nitrogen and oxygen atoms in total. The van der Waals surface area contributed by atoms with E-state index < -0.39 is 0 Å². The number of amides is 1. The van der Waals surface area contributed by atoms with Crippen LogP contribution in [-0.4, -0.2) is 36.0 Å². The first-order valence-electron chi connectivity index (χ1n) is 8.96. The summed E-state index contributed by atoms with van der Waals surface area (Å²) in [6.45, 7) is 5.68. The predicted octanol–water partition coefficient (Wildman–Crippen LogP) is 2.83. The largest absolute Gasteiger partial charge is 0.357 e. The van der Waals surface area contributed by atoms with Crippen LogP contribution in [-0.2, 0) is 17.8 Å². The van der Waals surface area contributed by atoms with Crippen molar-refractivity contribution in [1.82, 2.24) is 20.9 Å². The van der Waals surface area contributed by atoms with E-state index >= 15 is 0 Å². The van der Waals surface area contributed by atoms with E-state index in [4.69, 9.17) is 0 Å². The molecule has 0 spiro atoms. The van der Waals surface area contributed by atoms with E-state index in [0.717, 1.165) is 30.8 Å². The third-order valence-corrected chi connectivity index (χ3v) is 5.19. The van der Waals surface area contributed by atoms with Gasteiger partial charge in [0.25, 0.3) is 0 Å². The highest BCUT2D eigenvalue weighted by Gasteiger charge is 2.15. The second-order valence-electron chi connectivity index (χ2n) is 6.03. The second-order valence-corrected chi connectivity index (χ2v) is 7.22. The van der Waals surface area contributed by atoms with Crippen LogP contribution in [0.1, 0.15) is 55.8 Å². The molecule has 1 aromatic heterocycles. The molecule has 25 heavy (non-hydrogen) atoms. The van der Waals surface area contributed by atoms with Crippen LogP contribution in [0, 0.1) is 0 Å². The van der Waals surface area contributed by atoms with E-state index in [1.807, 2.05) is 13.1 Å². The first-order valence-corrected chi connectivity index (χ1v) is 9.78. The lowest BCUT2D eigenvalue weighted by atomic mass is 9.95. The maximum Gasteiger partial charge on any atom is 0.242 e. The fraction of sp³-hybridized carbons (Fsp3) is 0.706. The van der Waals surface area contributed by atoms with E-state index in [1.165, 1.54) is 24.1 Å². The Hall–Kier alpha value is -0.900. The number of carbonyl (C=O) groups is 1. The number of aromatic nitrogens is 1. The molecule has 142 valence electrons. The number of thiazole rings is 1. The molecule has 0 radical (unpaired) electrons. The molecule has 1 aliphatic carbocycles. The molecule has 0 unspecified atom stereocenters. The van der Waals surface area contributed by atoms with Gasteiger partial charge in [-0.3, -0.25) is 4.79 Å². The van der Waals surface area contributed by atoms with Crippen molar-refractivity contribution in [2.24, 2.45) is 4.99 Å². The van der Waals surface area contributed by atoms with Crippen LogP contribution in [0.2, 0.25) is 0 Å². The number of nitrogens with zero attached hydrogens (tertiary/aromatic N) is 2. The van der Waals surface area contributed by atoms with Crippen molar-refractivity contribution in [2.45, 2.75) is 65.0 Å². The Bertz CT molecular complexity index is 543. The molecule has 2 rings (SSSR count). The Morgan fingerprint density at radius 2 is 2.04 bits per heavy atom. The van der Waals surface area contributed by atoms with Gasteiger partial charge in [-0.2, -0.15) is 0 Å². The maximum absolute atomic E-state index is 12.1. The average molecular weight is 479 g/mol. The quantitative estimate of drug-likeness (QED) is 0.319. The molecule has 0 saturated heterocycles. The molecule has 0 atom stereocenters. The normalized spacial score (nSPS) is 15.4. The third kappa shape index (κ3) is 8.35. The Labute approximate surface area is 171 Å². The molecule has 1 amide bonds. The Morgan fingerprint density at radius 1 is 1.28 bits per heavy atom. The fourth-order valence-electron chi connectivity index (χ4n) is 2.77. The number of carbonyl (C=O) groups excluding carboxylic acids is 1. The number of nitrogens with one attached hydrogen (secondary N) is 3. The monoisotopic (exact) mass is 479 g/mol. The molecule has 0 bridgehead atoms. The minimum atomic E-state index is 0. The lowest BCUT2D eigenvalue weighted by Crippen LogP contribution is -2.40. The van der Waals surface area contributed by atoms with Gasteiger partial charge >= 0.3 is 0 Å². The zero-order valence-corrected chi connectivity index (χ0v) is 18.3. The highest BCUT2D eigenvalue weighted by molar-refractivity contribution is 14.0. The van der Waals surface area contributed by atoms with Gasteiger partial charge in [-0.1, -0.05) is 26.2 Å². The summed E-state index contributed by atoms with van der Waals surface area (Å²) < 4.78 is 0. The minimum Gasteiger partial charge on any atom is -0.357 e. The highest BCUT2D eigenvalue weighted by atomic mass is 127. The SMILES string of the molecule is CCNC(=NCC(=O)NC1CCCCC1)NCc1ncc(CC)s1.I. The Kier molecular flexibility index (Phi) is 11.0. The van der Waals surface area contributed by atoms with Crippen LogP contribution in [0.3, 0.4) is 0 Å². The third-order valence-electron chi connectivity index (χ3n) is 4.05. The van der Waals surface area contributed by atoms with Crippen molar-refractivity contribution in [2.75, 3.05) is 13.1 Å². The molecule has 1 aliphatic rings. The lowest BCUT2D eigenvalue weighted by Gasteiger charge is -2.22. The number of aryl methyl sites for hydroxylation is 1. The predicted molar refractivity (Wildman–Crippen MR) is 115 cm³/mol. The molecule has 1 heterocycles. The minimum absolute atomic E-state index is 0. The van der Waals surface area contributed by atoms with Crippen molar-refractivity contribution in [3.05, 3.63) is 16.1 Å². The van der Waals surface area contributed by atoms with Crippen LogP contribution in [0.15, 0.2) is 11.2 Å².